The molecule has 1 rings (SSSR count). The van der Waals surface area contributed by atoms with E-state index in [-0.39, 0.29) is 12.0 Å². The molecule has 0 radical (unpaired) electrons. The Kier molecular flexibility index (Phi) is 2.70. The van der Waals surface area contributed by atoms with Crippen LogP contribution in [0.1, 0.15) is 32.1 Å². The van der Waals surface area contributed by atoms with Crippen LogP contribution in [0.4, 0.5) is 0 Å². The molecule has 0 spiro atoms. The zero-order chi connectivity index (χ0) is 7.40. The largest absolute Gasteiger partial charge is 0.392 e. The monoisotopic (exact) mass is 139 g/mol. The number of aliphatic hydroxyl groups excluding tert-OH is 1. The second-order valence-corrected chi connectivity index (χ2v) is 2.94. The van der Waals surface area contributed by atoms with Crippen molar-refractivity contribution in [3.63, 3.8) is 0 Å². The highest BCUT2D eigenvalue weighted by Gasteiger charge is 2.20. The van der Waals surface area contributed by atoms with Crippen molar-refractivity contribution in [3.8, 4) is 6.07 Å². The standard InChI is InChI=1S/C8H13NO/c9-6-7-4-2-1-3-5-8(7)10/h7-8,10H,1-5H2/t7-,8-/m0/s1. The highest BCUT2D eigenvalue weighted by molar-refractivity contribution is 4.89. The van der Waals surface area contributed by atoms with Crippen molar-refractivity contribution in [1.82, 2.24) is 0 Å². The van der Waals surface area contributed by atoms with Crippen molar-refractivity contribution in [3.05, 3.63) is 0 Å². The molecule has 0 aromatic carbocycles. The number of aliphatic hydroxyl groups is 1. The van der Waals surface area contributed by atoms with Crippen LogP contribution in [-0.2, 0) is 0 Å². The Morgan fingerprint density at radius 3 is 2.60 bits per heavy atom. The molecule has 0 aromatic rings. The third-order valence-corrected chi connectivity index (χ3v) is 2.15. The zero-order valence-electron chi connectivity index (χ0n) is 6.08. The average molecular weight is 139 g/mol. The third kappa shape index (κ3) is 1.71. The fraction of sp³-hybridized carbons (Fsp3) is 0.875. The van der Waals surface area contributed by atoms with Crippen LogP contribution in [0.15, 0.2) is 0 Å². The summed E-state index contributed by atoms with van der Waals surface area (Å²) in [7, 11) is 0. The van der Waals surface area contributed by atoms with Gasteiger partial charge in [0.25, 0.3) is 0 Å². The normalized spacial score (nSPS) is 34.4. The highest BCUT2D eigenvalue weighted by atomic mass is 16.3. The van der Waals surface area contributed by atoms with Crippen molar-refractivity contribution < 1.29 is 5.11 Å². The molecular weight excluding hydrogens is 126 g/mol. The van der Waals surface area contributed by atoms with Crippen LogP contribution >= 0.6 is 0 Å². The van der Waals surface area contributed by atoms with Gasteiger partial charge in [-0.2, -0.15) is 5.26 Å². The first kappa shape index (κ1) is 7.56. The summed E-state index contributed by atoms with van der Waals surface area (Å²) in [6, 6.07) is 2.14. The Morgan fingerprint density at radius 1 is 1.20 bits per heavy atom. The summed E-state index contributed by atoms with van der Waals surface area (Å²) >= 11 is 0. The van der Waals surface area contributed by atoms with Crippen LogP contribution in [0, 0.1) is 17.2 Å². The Labute approximate surface area is 61.5 Å². The van der Waals surface area contributed by atoms with E-state index in [1.807, 2.05) is 0 Å². The van der Waals surface area contributed by atoms with Gasteiger partial charge in [0.1, 0.15) is 0 Å². The van der Waals surface area contributed by atoms with E-state index in [1.165, 1.54) is 6.42 Å². The summed E-state index contributed by atoms with van der Waals surface area (Å²) in [4.78, 5) is 0. The Morgan fingerprint density at radius 2 is 1.90 bits per heavy atom. The molecule has 0 saturated heterocycles. The highest BCUT2D eigenvalue weighted by Crippen LogP contribution is 2.22. The summed E-state index contributed by atoms with van der Waals surface area (Å²) in [5.41, 5.74) is 0. The molecule has 2 atom stereocenters. The van der Waals surface area contributed by atoms with Gasteiger partial charge in [-0.15, -0.1) is 0 Å². The third-order valence-electron chi connectivity index (χ3n) is 2.15. The van der Waals surface area contributed by atoms with E-state index in [1.54, 1.807) is 0 Å². The average Bonchev–Trinajstić information content (AvgIpc) is 2.13. The van der Waals surface area contributed by atoms with Crippen molar-refractivity contribution in [2.45, 2.75) is 38.2 Å². The molecule has 0 unspecified atom stereocenters. The van der Waals surface area contributed by atoms with Gasteiger partial charge in [0, 0.05) is 0 Å². The van der Waals surface area contributed by atoms with Gasteiger partial charge in [-0.3, -0.25) is 0 Å². The van der Waals surface area contributed by atoms with E-state index < -0.39 is 0 Å². The number of nitriles is 1. The molecule has 0 heterocycles. The Balaban J connectivity index is 2.45. The summed E-state index contributed by atoms with van der Waals surface area (Å²) in [5.74, 6) is -0.0949. The van der Waals surface area contributed by atoms with Gasteiger partial charge in [-0.25, -0.2) is 0 Å². The molecule has 0 aromatic heterocycles. The number of rotatable bonds is 0. The molecule has 1 aliphatic rings. The van der Waals surface area contributed by atoms with E-state index >= 15 is 0 Å². The number of nitrogens with zero attached hydrogens (tertiary/aromatic N) is 1. The predicted molar refractivity (Wildman–Crippen MR) is 38.2 cm³/mol. The predicted octanol–water partition coefficient (Wildman–Crippen LogP) is 1.45. The number of hydrogen-bond acceptors (Lipinski definition) is 2. The minimum Gasteiger partial charge on any atom is -0.392 e. The second kappa shape index (κ2) is 3.58. The van der Waals surface area contributed by atoms with Crippen LogP contribution in [0.2, 0.25) is 0 Å². The maximum Gasteiger partial charge on any atom is 0.0722 e. The van der Waals surface area contributed by atoms with Crippen LogP contribution in [0.3, 0.4) is 0 Å². The van der Waals surface area contributed by atoms with Crippen LogP contribution in [-0.4, -0.2) is 11.2 Å². The molecule has 1 saturated carbocycles. The molecule has 2 nitrogen and oxygen atoms in total. The summed E-state index contributed by atoms with van der Waals surface area (Å²) in [5, 5.41) is 17.9. The Hall–Kier alpha value is -0.550. The quantitative estimate of drug-likeness (QED) is 0.516. The van der Waals surface area contributed by atoms with Crippen molar-refractivity contribution >= 4 is 0 Å². The van der Waals surface area contributed by atoms with E-state index in [0.717, 1.165) is 25.7 Å². The van der Waals surface area contributed by atoms with E-state index in [4.69, 9.17) is 5.26 Å². The second-order valence-electron chi connectivity index (χ2n) is 2.94. The van der Waals surface area contributed by atoms with E-state index in [2.05, 4.69) is 6.07 Å². The van der Waals surface area contributed by atoms with Gasteiger partial charge >= 0.3 is 0 Å². The van der Waals surface area contributed by atoms with Gasteiger partial charge in [0.05, 0.1) is 18.1 Å². The molecule has 0 amide bonds. The first-order chi connectivity index (χ1) is 4.84. The lowest BCUT2D eigenvalue weighted by atomic mass is 10.00. The maximum absolute atomic E-state index is 9.33. The summed E-state index contributed by atoms with van der Waals surface area (Å²) in [6.45, 7) is 0. The summed E-state index contributed by atoms with van der Waals surface area (Å²) in [6.07, 6.45) is 4.72. The van der Waals surface area contributed by atoms with Crippen LogP contribution in [0.5, 0.6) is 0 Å². The molecule has 0 bridgehead atoms. The van der Waals surface area contributed by atoms with Gasteiger partial charge in [-0.05, 0) is 12.8 Å². The minimum absolute atomic E-state index is 0.0949. The smallest absolute Gasteiger partial charge is 0.0722 e. The zero-order valence-corrected chi connectivity index (χ0v) is 6.08. The number of hydrogen-bond donors (Lipinski definition) is 1. The fourth-order valence-corrected chi connectivity index (χ4v) is 1.44. The minimum atomic E-state index is -0.354. The first-order valence-electron chi connectivity index (χ1n) is 3.92. The fourth-order valence-electron chi connectivity index (χ4n) is 1.44. The molecule has 1 aliphatic carbocycles. The molecule has 56 valence electrons. The van der Waals surface area contributed by atoms with Gasteiger partial charge < -0.3 is 5.11 Å². The van der Waals surface area contributed by atoms with E-state index in [9.17, 15) is 5.11 Å². The lowest BCUT2D eigenvalue weighted by Crippen LogP contribution is -2.16. The molecule has 1 fully saturated rings. The van der Waals surface area contributed by atoms with Crippen LogP contribution in [0.25, 0.3) is 0 Å². The molecular formula is C8H13NO. The molecule has 1 N–H and O–H groups in total. The SMILES string of the molecule is N#C[C@@H]1CCCCC[C@@H]1O. The van der Waals surface area contributed by atoms with Gasteiger partial charge in [0.15, 0.2) is 0 Å². The van der Waals surface area contributed by atoms with Crippen molar-refractivity contribution in [2.24, 2.45) is 5.92 Å². The molecule has 2 heteroatoms. The molecule has 10 heavy (non-hydrogen) atoms. The summed E-state index contributed by atoms with van der Waals surface area (Å²) < 4.78 is 0. The lowest BCUT2D eigenvalue weighted by Gasteiger charge is -2.10. The van der Waals surface area contributed by atoms with Gasteiger partial charge in [-0.1, -0.05) is 19.3 Å². The Bertz CT molecular complexity index is 139. The van der Waals surface area contributed by atoms with Crippen LogP contribution < -0.4 is 0 Å². The molecule has 0 aliphatic heterocycles. The van der Waals surface area contributed by atoms with E-state index in [0.29, 0.717) is 0 Å². The van der Waals surface area contributed by atoms with Crippen molar-refractivity contribution in [1.29, 1.82) is 5.26 Å². The first-order valence-corrected chi connectivity index (χ1v) is 3.92. The van der Waals surface area contributed by atoms with Crippen molar-refractivity contribution in [2.75, 3.05) is 0 Å². The topological polar surface area (TPSA) is 44.0 Å². The van der Waals surface area contributed by atoms with Gasteiger partial charge in [0.2, 0.25) is 0 Å². The lowest BCUT2D eigenvalue weighted by molar-refractivity contribution is 0.126. The maximum atomic E-state index is 9.33.